The summed E-state index contributed by atoms with van der Waals surface area (Å²) in [7, 11) is 0. The highest BCUT2D eigenvalue weighted by Crippen LogP contribution is 2.25. The molecule has 0 saturated heterocycles. The van der Waals surface area contributed by atoms with Gasteiger partial charge >= 0.3 is 12.3 Å². The maximum absolute atomic E-state index is 12.1. The molecule has 21 heavy (non-hydrogen) atoms. The van der Waals surface area contributed by atoms with E-state index in [-0.39, 0.29) is 5.75 Å². The molecule has 7 heteroatoms. The van der Waals surface area contributed by atoms with Gasteiger partial charge in [-0.05, 0) is 39.8 Å². The first-order chi connectivity index (χ1) is 9.46. The van der Waals surface area contributed by atoms with Crippen molar-refractivity contribution in [3.63, 3.8) is 0 Å². The van der Waals surface area contributed by atoms with E-state index in [0.29, 0.717) is 5.69 Å². The van der Waals surface area contributed by atoms with Crippen LogP contribution in [0.2, 0.25) is 0 Å². The van der Waals surface area contributed by atoms with Gasteiger partial charge in [0.1, 0.15) is 17.4 Å². The lowest BCUT2D eigenvalue weighted by Gasteiger charge is -2.23. The number of halogens is 3. The van der Waals surface area contributed by atoms with Crippen LogP contribution in [0.1, 0.15) is 27.7 Å². The first kappa shape index (κ1) is 17.1. The minimum absolute atomic E-state index is 0.329. The molecule has 0 aliphatic carbocycles. The zero-order valence-corrected chi connectivity index (χ0v) is 12.2. The van der Waals surface area contributed by atoms with Crippen molar-refractivity contribution in [2.24, 2.45) is 0 Å². The minimum atomic E-state index is -4.75. The Hall–Kier alpha value is -1.92. The van der Waals surface area contributed by atoms with Gasteiger partial charge in [-0.3, -0.25) is 0 Å². The predicted octanol–water partition coefficient (Wildman–Crippen LogP) is 3.73. The van der Waals surface area contributed by atoms with Crippen LogP contribution in [0.4, 0.5) is 18.9 Å². The monoisotopic (exact) mass is 305 g/mol. The van der Waals surface area contributed by atoms with Gasteiger partial charge in [-0.25, -0.2) is 4.79 Å². The molecular formula is C14H18F3NO3. The molecule has 1 aromatic rings. The maximum atomic E-state index is 12.1. The summed E-state index contributed by atoms with van der Waals surface area (Å²) in [6.07, 6.45) is -4.75. The average Bonchev–Trinajstić information content (AvgIpc) is 2.24. The van der Waals surface area contributed by atoms with Crippen LogP contribution in [0.25, 0.3) is 0 Å². The van der Waals surface area contributed by atoms with Crippen molar-refractivity contribution in [3.05, 3.63) is 24.3 Å². The van der Waals surface area contributed by atoms with E-state index in [9.17, 15) is 18.0 Å². The average molecular weight is 305 g/mol. The molecule has 0 radical (unpaired) electrons. The van der Waals surface area contributed by atoms with Gasteiger partial charge in [0, 0.05) is 11.8 Å². The fraction of sp³-hybridized carbons (Fsp3) is 0.500. The summed E-state index contributed by atoms with van der Waals surface area (Å²) in [4.78, 5) is 11.8. The third-order valence-electron chi connectivity index (χ3n) is 2.21. The van der Waals surface area contributed by atoms with Crippen molar-refractivity contribution in [1.29, 1.82) is 0 Å². The molecule has 0 heterocycles. The number of anilines is 1. The summed E-state index contributed by atoms with van der Waals surface area (Å²) in [5.74, 6) is -0.853. The number of benzene rings is 1. The molecule has 0 fully saturated rings. The lowest BCUT2D eigenvalue weighted by Crippen LogP contribution is -2.34. The number of hydrogen-bond donors (Lipinski definition) is 1. The SMILES string of the molecule is CC(Nc1cccc(OC(F)(F)F)c1)C(=O)OC(C)(C)C. The van der Waals surface area contributed by atoms with Gasteiger partial charge in [0.15, 0.2) is 0 Å². The lowest BCUT2D eigenvalue weighted by molar-refractivity contribution is -0.274. The van der Waals surface area contributed by atoms with Crippen molar-refractivity contribution < 1.29 is 27.4 Å². The van der Waals surface area contributed by atoms with Gasteiger partial charge in [-0.15, -0.1) is 13.2 Å². The van der Waals surface area contributed by atoms with Crippen molar-refractivity contribution in [2.75, 3.05) is 5.32 Å². The van der Waals surface area contributed by atoms with Crippen LogP contribution in [-0.2, 0) is 9.53 Å². The Kier molecular flexibility index (Phi) is 5.09. The van der Waals surface area contributed by atoms with Crippen molar-refractivity contribution in [2.45, 2.75) is 45.7 Å². The smallest absolute Gasteiger partial charge is 0.458 e. The molecule has 0 spiro atoms. The summed E-state index contributed by atoms with van der Waals surface area (Å²) in [6, 6.07) is 4.56. The normalized spacial score (nSPS) is 13.5. The van der Waals surface area contributed by atoms with Gasteiger partial charge in [0.05, 0.1) is 0 Å². The molecule has 118 valence electrons. The van der Waals surface area contributed by atoms with Gasteiger partial charge in [-0.2, -0.15) is 0 Å². The number of nitrogens with one attached hydrogen (secondary N) is 1. The summed E-state index contributed by atoms with van der Waals surface area (Å²) in [5, 5.41) is 2.77. The second kappa shape index (κ2) is 6.24. The highest BCUT2D eigenvalue weighted by Gasteiger charge is 2.31. The third kappa shape index (κ3) is 6.87. The first-order valence-corrected chi connectivity index (χ1v) is 6.31. The maximum Gasteiger partial charge on any atom is 0.573 e. The van der Waals surface area contributed by atoms with Crippen LogP contribution in [0.5, 0.6) is 5.75 Å². The van der Waals surface area contributed by atoms with Gasteiger partial charge < -0.3 is 14.8 Å². The summed E-state index contributed by atoms with van der Waals surface area (Å²) >= 11 is 0. The molecule has 0 amide bonds. The number of alkyl halides is 3. The topological polar surface area (TPSA) is 47.6 Å². The first-order valence-electron chi connectivity index (χ1n) is 6.31. The van der Waals surface area contributed by atoms with Crippen molar-refractivity contribution in [1.82, 2.24) is 0 Å². The van der Waals surface area contributed by atoms with Crippen LogP contribution in [0, 0.1) is 0 Å². The zero-order chi connectivity index (χ0) is 16.3. The van der Waals surface area contributed by atoms with Gasteiger partial charge in [-0.1, -0.05) is 6.07 Å². The van der Waals surface area contributed by atoms with Crippen molar-refractivity contribution >= 4 is 11.7 Å². The highest BCUT2D eigenvalue weighted by atomic mass is 19.4. The van der Waals surface area contributed by atoms with Crippen LogP contribution in [0.3, 0.4) is 0 Å². The Labute approximate surface area is 121 Å². The molecular weight excluding hydrogens is 287 g/mol. The molecule has 1 unspecified atom stereocenters. The molecule has 0 aliphatic rings. The van der Waals surface area contributed by atoms with Gasteiger partial charge in [0.2, 0.25) is 0 Å². The molecule has 0 aliphatic heterocycles. The van der Waals surface area contributed by atoms with Crippen LogP contribution in [-0.4, -0.2) is 24.0 Å². The Morgan fingerprint density at radius 2 is 1.86 bits per heavy atom. The Bertz CT molecular complexity index is 495. The van der Waals surface area contributed by atoms with E-state index in [1.54, 1.807) is 27.7 Å². The Morgan fingerprint density at radius 1 is 1.24 bits per heavy atom. The molecule has 0 bridgehead atoms. The molecule has 1 N–H and O–H groups in total. The molecule has 0 aromatic heterocycles. The van der Waals surface area contributed by atoms with E-state index < -0.39 is 24.0 Å². The molecule has 0 saturated carbocycles. The Balaban J connectivity index is 2.70. The zero-order valence-electron chi connectivity index (χ0n) is 12.2. The lowest BCUT2D eigenvalue weighted by atomic mass is 10.2. The van der Waals surface area contributed by atoms with E-state index in [4.69, 9.17) is 4.74 Å². The van der Waals surface area contributed by atoms with Gasteiger partial charge in [0.25, 0.3) is 0 Å². The van der Waals surface area contributed by atoms with E-state index in [1.807, 2.05) is 0 Å². The number of carbonyl (C=O) groups excluding carboxylic acids is 1. The number of carbonyl (C=O) groups is 1. The molecule has 1 atom stereocenters. The van der Waals surface area contributed by atoms with Crippen molar-refractivity contribution in [3.8, 4) is 5.75 Å². The Morgan fingerprint density at radius 3 is 2.38 bits per heavy atom. The minimum Gasteiger partial charge on any atom is -0.458 e. The summed E-state index contributed by atoms with van der Waals surface area (Å²) < 4.78 is 45.4. The summed E-state index contributed by atoms with van der Waals surface area (Å²) in [6.45, 7) is 6.76. The summed E-state index contributed by atoms with van der Waals surface area (Å²) in [5.41, 5.74) is -0.302. The highest BCUT2D eigenvalue weighted by molar-refractivity contribution is 5.79. The van der Waals surface area contributed by atoms with E-state index in [2.05, 4.69) is 10.1 Å². The van der Waals surface area contributed by atoms with E-state index in [1.165, 1.54) is 18.2 Å². The third-order valence-corrected chi connectivity index (χ3v) is 2.21. The van der Waals surface area contributed by atoms with Crippen LogP contribution in [0.15, 0.2) is 24.3 Å². The van der Waals surface area contributed by atoms with Crippen LogP contribution >= 0.6 is 0 Å². The second-order valence-corrected chi connectivity index (χ2v) is 5.48. The standard InChI is InChI=1S/C14H18F3NO3/c1-9(12(19)21-13(2,3)4)18-10-6-5-7-11(8-10)20-14(15,16)17/h5-9,18H,1-4H3. The molecule has 1 rings (SSSR count). The number of esters is 1. The fourth-order valence-corrected chi connectivity index (χ4v) is 1.48. The van der Waals surface area contributed by atoms with Crippen LogP contribution < -0.4 is 10.1 Å². The van der Waals surface area contributed by atoms with E-state index in [0.717, 1.165) is 6.07 Å². The molecule has 1 aromatic carbocycles. The second-order valence-electron chi connectivity index (χ2n) is 5.48. The quantitative estimate of drug-likeness (QED) is 0.861. The number of ether oxygens (including phenoxy) is 2. The largest absolute Gasteiger partial charge is 0.573 e. The van der Waals surface area contributed by atoms with E-state index >= 15 is 0 Å². The number of hydrogen-bond acceptors (Lipinski definition) is 4. The fourth-order valence-electron chi connectivity index (χ4n) is 1.48. The molecule has 4 nitrogen and oxygen atoms in total. The number of rotatable bonds is 4. The predicted molar refractivity (Wildman–Crippen MR) is 72.1 cm³/mol.